The number of fused-ring (bicyclic) bond motifs is 2. The van der Waals surface area contributed by atoms with Crippen molar-refractivity contribution in [2.45, 2.75) is 18.6 Å². The molecule has 2 atom stereocenters. The topological polar surface area (TPSA) is 58.5 Å². The molecule has 21 heavy (non-hydrogen) atoms. The van der Waals surface area contributed by atoms with Crippen LogP contribution in [0, 0.1) is 0 Å². The van der Waals surface area contributed by atoms with E-state index in [1.807, 2.05) is 13.1 Å². The normalized spacial score (nSPS) is 21.5. The molecule has 0 saturated carbocycles. The zero-order valence-electron chi connectivity index (χ0n) is 12.5. The second kappa shape index (κ2) is 5.48. The third-order valence-electron chi connectivity index (χ3n) is 4.27. The summed E-state index contributed by atoms with van der Waals surface area (Å²) in [6.07, 6.45) is 0. The van der Waals surface area contributed by atoms with E-state index < -0.39 is 0 Å². The van der Waals surface area contributed by atoms with E-state index in [1.54, 1.807) is 5.01 Å². The second-order valence-corrected chi connectivity index (χ2v) is 5.75. The molecule has 1 heterocycles. The third-order valence-corrected chi connectivity index (χ3v) is 4.27. The van der Waals surface area contributed by atoms with Crippen LogP contribution in [0.15, 0.2) is 48.5 Å². The lowest BCUT2D eigenvalue weighted by Crippen LogP contribution is -2.40. The van der Waals surface area contributed by atoms with Crippen LogP contribution in [0.3, 0.4) is 0 Å². The predicted octanol–water partition coefficient (Wildman–Crippen LogP) is 2.18. The van der Waals surface area contributed by atoms with E-state index in [2.05, 4.69) is 54.4 Å². The van der Waals surface area contributed by atoms with E-state index in [0.29, 0.717) is 0 Å². The Morgan fingerprint density at radius 2 is 1.67 bits per heavy atom. The Balaban J connectivity index is 2.19. The fraction of sp³-hybridized carbons (Fsp3) is 0.294. The highest BCUT2D eigenvalue weighted by atomic mass is 15.4. The van der Waals surface area contributed by atoms with Crippen LogP contribution >= 0.6 is 0 Å². The monoisotopic (exact) mass is 282 g/mol. The first kappa shape index (κ1) is 14.1. The van der Waals surface area contributed by atoms with Crippen LogP contribution in [0.25, 0.3) is 0 Å². The van der Waals surface area contributed by atoms with Gasteiger partial charge in [0.05, 0.1) is 12.1 Å². The van der Waals surface area contributed by atoms with Gasteiger partial charge in [0.2, 0.25) is 0 Å². The van der Waals surface area contributed by atoms with Gasteiger partial charge in [-0.2, -0.15) is 0 Å². The van der Waals surface area contributed by atoms with Gasteiger partial charge in [-0.05, 0) is 22.8 Å². The quantitative estimate of drug-likeness (QED) is 0.622. The number of likely N-dealkylation sites (N-methyl/N-ethyl adjacent to an activating group) is 1. The maximum absolute atomic E-state index is 6.59. The summed E-state index contributed by atoms with van der Waals surface area (Å²) >= 11 is 0. The standard InChI is InChI=1S/C17H22N4/c1-20-11-12-7-3-4-8-13(12)17(21(2)19)16(18)14-9-5-6-10-15(14)20/h3-10,16-17H,11,18-19H2,1-2H3. The number of benzene rings is 2. The Bertz CT molecular complexity index is 638. The van der Waals surface area contributed by atoms with Crippen LogP contribution in [-0.2, 0) is 6.54 Å². The molecule has 3 rings (SSSR count). The number of para-hydroxylation sites is 1. The van der Waals surface area contributed by atoms with Gasteiger partial charge in [-0.25, -0.2) is 5.01 Å². The zero-order chi connectivity index (χ0) is 15.0. The summed E-state index contributed by atoms with van der Waals surface area (Å²) < 4.78 is 0. The van der Waals surface area contributed by atoms with Crippen LogP contribution in [0.2, 0.25) is 0 Å². The van der Waals surface area contributed by atoms with Crippen molar-refractivity contribution in [2.75, 3.05) is 19.0 Å². The molecule has 0 radical (unpaired) electrons. The van der Waals surface area contributed by atoms with Crippen molar-refractivity contribution in [1.29, 1.82) is 0 Å². The fourth-order valence-electron chi connectivity index (χ4n) is 3.26. The lowest BCUT2D eigenvalue weighted by molar-refractivity contribution is 0.217. The van der Waals surface area contributed by atoms with E-state index in [4.69, 9.17) is 11.6 Å². The van der Waals surface area contributed by atoms with Crippen LogP contribution in [0.5, 0.6) is 0 Å². The van der Waals surface area contributed by atoms with Crippen LogP contribution in [0.1, 0.15) is 28.8 Å². The summed E-state index contributed by atoms with van der Waals surface area (Å²) in [6, 6.07) is 16.5. The molecule has 0 bridgehead atoms. The van der Waals surface area contributed by atoms with Gasteiger partial charge in [0, 0.05) is 26.3 Å². The molecule has 2 unspecified atom stereocenters. The zero-order valence-corrected chi connectivity index (χ0v) is 12.5. The summed E-state index contributed by atoms with van der Waals surface area (Å²) in [4.78, 5) is 2.25. The number of rotatable bonds is 1. The van der Waals surface area contributed by atoms with Crippen molar-refractivity contribution in [1.82, 2.24) is 5.01 Å². The summed E-state index contributed by atoms with van der Waals surface area (Å²) in [5, 5.41) is 1.73. The Morgan fingerprint density at radius 3 is 2.38 bits per heavy atom. The Kier molecular flexibility index (Phi) is 3.68. The van der Waals surface area contributed by atoms with Crippen molar-refractivity contribution in [2.24, 2.45) is 11.6 Å². The molecule has 4 heteroatoms. The summed E-state index contributed by atoms with van der Waals surface area (Å²) in [6.45, 7) is 0.851. The first-order valence-electron chi connectivity index (χ1n) is 7.20. The van der Waals surface area contributed by atoms with Crippen LogP contribution < -0.4 is 16.5 Å². The Hall–Kier alpha value is -1.88. The van der Waals surface area contributed by atoms with Crippen LogP contribution in [0.4, 0.5) is 5.69 Å². The number of nitrogens with zero attached hydrogens (tertiary/aromatic N) is 2. The van der Waals surface area contributed by atoms with Gasteiger partial charge in [0.25, 0.3) is 0 Å². The summed E-state index contributed by atoms with van der Waals surface area (Å²) in [7, 11) is 3.99. The highest BCUT2D eigenvalue weighted by Crippen LogP contribution is 2.39. The number of nitrogens with two attached hydrogens (primary N) is 2. The van der Waals surface area contributed by atoms with Crippen molar-refractivity contribution in [3.05, 3.63) is 65.2 Å². The molecular weight excluding hydrogens is 260 g/mol. The van der Waals surface area contributed by atoms with E-state index in [0.717, 1.165) is 12.1 Å². The van der Waals surface area contributed by atoms with Crippen molar-refractivity contribution in [3.63, 3.8) is 0 Å². The molecule has 1 aliphatic heterocycles. The lowest BCUT2D eigenvalue weighted by Gasteiger charge is -2.37. The van der Waals surface area contributed by atoms with Crippen molar-refractivity contribution < 1.29 is 0 Å². The molecule has 0 aliphatic carbocycles. The van der Waals surface area contributed by atoms with E-state index >= 15 is 0 Å². The Morgan fingerprint density at radius 1 is 1.05 bits per heavy atom. The molecule has 0 fully saturated rings. The second-order valence-electron chi connectivity index (χ2n) is 5.75. The number of anilines is 1. The molecule has 2 aromatic carbocycles. The van der Waals surface area contributed by atoms with Gasteiger partial charge in [-0.3, -0.25) is 5.84 Å². The van der Waals surface area contributed by atoms with Crippen LogP contribution in [-0.4, -0.2) is 19.1 Å². The SMILES string of the molecule is CN1Cc2ccccc2C(N(C)N)C(N)c2ccccc21. The fourth-order valence-corrected chi connectivity index (χ4v) is 3.26. The Labute approximate surface area is 125 Å². The third kappa shape index (κ3) is 2.42. The molecule has 2 aromatic rings. The van der Waals surface area contributed by atoms with Gasteiger partial charge < -0.3 is 10.6 Å². The van der Waals surface area contributed by atoms with E-state index in [9.17, 15) is 0 Å². The van der Waals surface area contributed by atoms with Gasteiger partial charge in [0.15, 0.2) is 0 Å². The summed E-state index contributed by atoms with van der Waals surface area (Å²) in [5.74, 6) is 6.12. The van der Waals surface area contributed by atoms with Crippen molar-refractivity contribution in [3.8, 4) is 0 Å². The molecule has 110 valence electrons. The number of hydrazine groups is 1. The minimum Gasteiger partial charge on any atom is -0.370 e. The molecule has 1 aliphatic rings. The number of hydrogen-bond donors (Lipinski definition) is 2. The smallest absolute Gasteiger partial charge is 0.0684 e. The van der Waals surface area contributed by atoms with Crippen molar-refractivity contribution >= 4 is 5.69 Å². The maximum atomic E-state index is 6.59. The minimum absolute atomic E-state index is 0.0314. The van der Waals surface area contributed by atoms with Gasteiger partial charge >= 0.3 is 0 Å². The van der Waals surface area contributed by atoms with Gasteiger partial charge in [-0.1, -0.05) is 42.5 Å². The molecule has 0 aromatic heterocycles. The average Bonchev–Trinajstić information content (AvgIpc) is 2.47. The predicted molar refractivity (Wildman–Crippen MR) is 86.6 cm³/mol. The molecule has 4 N–H and O–H groups in total. The maximum Gasteiger partial charge on any atom is 0.0684 e. The van der Waals surface area contributed by atoms with Gasteiger partial charge in [0.1, 0.15) is 0 Å². The highest BCUT2D eigenvalue weighted by Gasteiger charge is 2.30. The van der Waals surface area contributed by atoms with Gasteiger partial charge in [-0.15, -0.1) is 0 Å². The molecule has 4 nitrogen and oxygen atoms in total. The minimum atomic E-state index is -0.167. The van der Waals surface area contributed by atoms with E-state index in [-0.39, 0.29) is 12.1 Å². The highest BCUT2D eigenvalue weighted by molar-refractivity contribution is 5.57. The average molecular weight is 282 g/mol. The summed E-state index contributed by atoms with van der Waals surface area (Å²) in [5.41, 5.74) is 11.4. The largest absolute Gasteiger partial charge is 0.370 e. The molecule has 0 spiro atoms. The first-order chi connectivity index (χ1) is 10.1. The first-order valence-corrected chi connectivity index (χ1v) is 7.20. The molecule has 0 saturated heterocycles. The molecule has 0 amide bonds. The van der Waals surface area contributed by atoms with E-state index in [1.165, 1.54) is 16.8 Å². The lowest BCUT2D eigenvalue weighted by atomic mass is 9.87. The molecular formula is C17H22N4. The number of hydrogen-bond acceptors (Lipinski definition) is 4.